The van der Waals surface area contributed by atoms with Gasteiger partial charge in [0.05, 0.1) is 0 Å². The second-order valence-corrected chi connectivity index (χ2v) is 7.41. The minimum Gasteiger partial charge on any atom is -0.326 e. The Balaban J connectivity index is 1.78. The molecule has 0 saturated heterocycles. The molecule has 0 aliphatic rings. The number of Topliss-reactive ketones (excluding diaryl/α,β-unsaturated/α-hetero) is 1. The first-order chi connectivity index (χ1) is 13.9. The van der Waals surface area contributed by atoms with Crippen molar-refractivity contribution in [3.05, 3.63) is 101 Å². The molecule has 0 spiro atoms. The second kappa shape index (κ2) is 9.30. The zero-order valence-electron chi connectivity index (χ0n) is 17.1. The lowest BCUT2D eigenvalue weighted by Gasteiger charge is -2.21. The molecule has 0 aliphatic carbocycles. The van der Waals surface area contributed by atoms with Gasteiger partial charge in [0.15, 0.2) is 11.8 Å². The highest BCUT2D eigenvalue weighted by atomic mass is 16.2. The molecule has 148 valence electrons. The summed E-state index contributed by atoms with van der Waals surface area (Å²) in [5, 5.41) is 5.01. The summed E-state index contributed by atoms with van der Waals surface area (Å²) < 4.78 is 0. The van der Waals surface area contributed by atoms with Crippen molar-refractivity contribution in [3.63, 3.8) is 0 Å². The molecule has 2 atom stereocenters. The predicted molar refractivity (Wildman–Crippen MR) is 116 cm³/mol. The Morgan fingerprint density at radius 3 is 2.17 bits per heavy atom. The lowest BCUT2D eigenvalue weighted by atomic mass is 9.97. The van der Waals surface area contributed by atoms with Crippen LogP contribution in [0, 0.1) is 6.92 Å². The molecule has 29 heavy (non-hydrogen) atoms. The number of amides is 1. The van der Waals surface area contributed by atoms with Gasteiger partial charge in [-0.25, -0.2) is 0 Å². The molecule has 0 radical (unpaired) electrons. The Hall–Kier alpha value is -3.24. The van der Waals surface area contributed by atoms with E-state index in [1.54, 1.807) is 24.3 Å². The van der Waals surface area contributed by atoms with Crippen LogP contribution in [0.1, 0.15) is 46.9 Å². The van der Waals surface area contributed by atoms with Crippen molar-refractivity contribution in [2.75, 3.05) is 5.32 Å². The summed E-state index contributed by atoms with van der Waals surface area (Å²) in [6.45, 7) is 5.48. The predicted octanol–water partition coefficient (Wildman–Crippen LogP) is 3.88. The van der Waals surface area contributed by atoms with Crippen molar-refractivity contribution >= 4 is 17.4 Å². The molecule has 0 saturated carbocycles. The first-order valence-corrected chi connectivity index (χ1v) is 9.82. The number of anilines is 1. The maximum Gasteiger partial charge on any atom is 0.282 e. The molecule has 3 aromatic carbocycles. The second-order valence-electron chi connectivity index (χ2n) is 7.41. The van der Waals surface area contributed by atoms with Gasteiger partial charge < -0.3 is 10.6 Å². The number of hydrogen-bond acceptors (Lipinski definition) is 2. The van der Waals surface area contributed by atoms with Gasteiger partial charge in [-0.1, -0.05) is 72.3 Å². The first kappa shape index (κ1) is 20.5. The number of quaternary nitrogens is 1. The van der Waals surface area contributed by atoms with Gasteiger partial charge in [-0.3, -0.25) is 9.59 Å². The van der Waals surface area contributed by atoms with Gasteiger partial charge in [0.1, 0.15) is 6.04 Å². The Morgan fingerprint density at radius 1 is 0.862 bits per heavy atom. The summed E-state index contributed by atoms with van der Waals surface area (Å²) in [6.07, 6.45) is 0. The van der Waals surface area contributed by atoms with Gasteiger partial charge in [0.25, 0.3) is 5.91 Å². The smallest absolute Gasteiger partial charge is 0.282 e. The van der Waals surface area contributed by atoms with Gasteiger partial charge >= 0.3 is 0 Å². The minimum atomic E-state index is -0.317. The van der Waals surface area contributed by atoms with E-state index < -0.39 is 0 Å². The van der Waals surface area contributed by atoms with Crippen LogP contribution in [0.4, 0.5) is 5.69 Å². The van der Waals surface area contributed by atoms with Crippen molar-refractivity contribution in [2.45, 2.75) is 32.9 Å². The number of hydrogen-bond donors (Lipinski definition) is 2. The van der Waals surface area contributed by atoms with E-state index in [1.165, 1.54) is 12.5 Å². The lowest BCUT2D eigenvalue weighted by Crippen LogP contribution is -2.92. The van der Waals surface area contributed by atoms with Gasteiger partial charge in [0.2, 0.25) is 0 Å². The number of carbonyl (C=O) groups is 2. The molecule has 4 heteroatoms. The zero-order chi connectivity index (χ0) is 20.8. The number of carbonyl (C=O) groups excluding carboxylic acids is 2. The number of ketones is 1. The molecule has 1 amide bonds. The van der Waals surface area contributed by atoms with E-state index in [1.807, 2.05) is 25.1 Å². The van der Waals surface area contributed by atoms with Crippen molar-refractivity contribution in [1.82, 2.24) is 0 Å². The molecule has 0 bridgehead atoms. The summed E-state index contributed by atoms with van der Waals surface area (Å²) in [7, 11) is 0. The van der Waals surface area contributed by atoms with Crippen LogP contribution in [-0.4, -0.2) is 17.7 Å². The number of benzene rings is 3. The highest BCUT2D eigenvalue weighted by Crippen LogP contribution is 2.19. The summed E-state index contributed by atoms with van der Waals surface area (Å²) in [5.74, 6) is -0.122. The van der Waals surface area contributed by atoms with Gasteiger partial charge in [-0.05, 0) is 32.9 Å². The molecule has 0 heterocycles. The quantitative estimate of drug-likeness (QED) is 0.605. The maximum absolute atomic E-state index is 12.8. The monoisotopic (exact) mass is 387 g/mol. The van der Waals surface area contributed by atoms with Crippen LogP contribution in [0.3, 0.4) is 0 Å². The van der Waals surface area contributed by atoms with E-state index in [2.05, 4.69) is 54.0 Å². The summed E-state index contributed by atoms with van der Waals surface area (Å²) in [5.41, 5.74) is 4.72. The fourth-order valence-corrected chi connectivity index (χ4v) is 3.30. The summed E-state index contributed by atoms with van der Waals surface area (Å²) in [4.78, 5) is 24.4. The molecule has 0 aliphatic heterocycles. The van der Waals surface area contributed by atoms with Gasteiger partial charge in [-0.15, -0.1) is 0 Å². The van der Waals surface area contributed by atoms with Crippen molar-refractivity contribution in [2.24, 2.45) is 0 Å². The normalized spacial score (nSPS) is 12.8. The third-order valence-electron chi connectivity index (χ3n) is 5.03. The lowest BCUT2D eigenvalue weighted by molar-refractivity contribution is -0.704. The molecular weight excluding hydrogens is 360 g/mol. The SMILES string of the molecule is CC(=O)c1cccc(NC(=O)[C@@H](C)[NH2+][C@@H](c2ccccc2)c2ccc(C)cc2)c1. The van der Waals surface area contributed by atoms with Crippen LogP contribution >= 0.6 is 0 Å². The average Bonchev–Trinajstić information content (AvgIpc) is 2.73. The van der Waals surface area contributed by atoms with Gasteiger partial charge in [-0.2, -0.15) is 0 Å². The van der Waals surface area contributed by atoms with Crippen LogP contribution in [0.25, 0.3) is 0 Å². The Kier molecular flexibility index (Phi) is 6.57. The van der Waals surface area contributed by atoms with E-state index >= 15 is 0 Å². The highest BCUT2D eigenvalue weighted by Gasteiger charge is 2.25. The molecule has 3 N–H and O–H groups in total. The van der Waals surface area contributed by atoms with Crippen molar-refractivity contribution in [1.29, 1.82) is 0 Å². The Morgan fingerprint density at radius 2 is 1.52 bits per heavy atom. The third kappa shape index (κ3) is 5.39. The average molecular weight is 388 g/mol. The van der Waals surface area contributed by atoms with E-state index in [0.717, 1.165) is 11.1 Å². The Labute approximate surface area is 172 Å². The van der Waals surface area contributed by atoms with E-state index in [-0.39, 0.29) is 23.8 Å². The highest BCUT2D eigenvalue weighted by molar-refractivity contribution is 5.97. The largest absolute Gasteiger partial charge is 0.326 e. The molecule has 0 aromatic heterocycles. The number of rotatable bonds is 7. The number of nitrogens with one attached hydrogen (secondary N) is 1. The van der Waals surface area contributed by atoms with Crippen LogP contribution in [0.5, 0.6) is 0 Å². The van der Waals surface area contributed by atoms with Gasteiger partial charge in [0, 0.05) is 22.4 Å². The molecule has 4 nitrogen and oxygen atoms in total. The van der Waals surface area contributed by atoms with Crippen molar-refractivity contribution in [3.8, 4) is 0 Å². The maximum atomic E-state index is 12.8. The fourth-order valence-electron chi connectivity index (χ4n) is 3.30. The first-order valence-electron chi connectivity index (χ1n) is 9.82. The third-order valence-corrected chi connectivity index (χ3v) is 5.03. The standard InChI is InChI=1S/C25H26N2O2/c1-17-12-14-21(15-13-17)24(20-8-5-4-6-9-20)26-18(2)25(29)27-23-11-7-10-22(16-23)19(3)28/h4-16,18,24,26H,1-3H3,(H,27,29)/p+1/t18-,24+/m1/s1. The van der Waals surface area contributed by atoms with E-state index in [9.17, 15) is 9.59 Å². The Bertz CT molecular complexity index is 981. The summed E-state index contributed by atoms with van der Waals surface area (Å²) in [6, 6.07) is 25.3. The van der Waals surface area contributed by atoms with Crippen LogP contribution < -0.4 is 10.6 Å². The van der Waals surface area contributed by atoms with Crippen molar-refractivity contribution < 1.29 is 14.9 Å². The zero-order valence-corrected chi connectivity index (χ0v) is 17.1. The molecular formula is C25H27N2O2+. The van der Waals surface area contributed by atoms with E-state index in [0.29, 0.717) is 11.3 Å². The minimum absolute atomic E-state index is 0.0149. The topological polar surface area (TPSA) is 62.8 Å². The van der Waals surface area contributed by atoms with Crippen LogP contribution in [0.15, 0.2) is 78.9 Å². The summed E-state index contributed by atoms with van der Waals surface area (Å²) >= 11 is 0. The van der Waals surface area contributed by atoms with Crippen LogP contribution in [-0.2, 0) is 4.79 Å². The fraction of sp³-hybridized carbons (Fsp3) is 0.200. The molecule has 0 fully saturated rings. The number of aryl methyl sites for hydroxylation is 1. The van der Waals surface area contributed by atoms with E-state index in [4.69, 9.17) is 0 Å². The molecule has 0 unspecified atom stereocenters. The number of nitrogens with two attached hydrogens (primary N) is 1. The molecule has 3 rings (SSSR count). The van der Waals surface area contributed by atoms with Crippen LogP contribution in [0.2, 0.25) is 0 Å². The molecule has 3 aromatic rings.